The van der Waals surface area contributed by atoms with Gasteiger partial charge < -0.3 is 36.4 Å². The van der Waals surface area contributed by atoms with Gasteiger partial charge in [0.1, 0.15) is 22.8 Å². The number of phenolic OH excluding ortho intramolecular Hbond substituents is 1. The summed E-state index contributed by atoms with van der Waals surface area (Å²) in [6, 6.07) is 2.50. The Labute approximate surface area is 216 Å². The molecule has 0 aromatic heterocycles. The maximum absolute atomic E-state index is 13.7. The number of hydrogen-bond acceptors (Lipinski definition) is 10. The molecule has 3 aliphatic carbocycles. The summed E-state index contributed by atoms with van der Waals surface area (Å²) in [5.74, 6) is -9.67. The first-order valence-corrected chi connectivity index (χ1v) is 10.1. The molecule has 6 unspecified atom stereocenters. The van der Waals surface area contributed by atoms with Gasteiger partial charge in [0.05, 0.1) is 40.7 Å². The molecular formula is C22H24N2NaO9+. The predicted molar refractivity (Wildman–Crippen MR) is 112 cm³/mol. The molecule has 0 heterocycles. The van der Waals surface area contributed by atoms with E-state index in [1.165, 1.54) is 44.1 Å². The summed E-state index contributed by atoms with van der Waals surface area (Å²) >= 11 is 0. The van der Waals surface area contributed by atoms with E-state index in [-0.39, 0.29) is 40.7 Å². The minimum absolute atomic E-state index is 0. The van der Waals surface area contributed by atoms with Crippen molar-refractivity contribution >= 4 is 23.2 Å². The normalized spacial score (nSPS) is 34.9. The van der Waals surface area contributed by atoms with Crippen LogP contribution < -0.4 is 35.3 Å². The van der Waals surface area contributed by atoms with Crippen LogP contribution in [0, 0.1) is 11.8 Å². The number of phenols is 1. The van der Waals surface area contributed by atoms with Crippen LogP contribution in [-0.2, 0) is 20.0 Å². The molecule has 0 aliphatic heterocycles. The Hall–Kier alpha value is -2.25. The Balaban J connectivity index is 0.00000324. The summed E-state index contributed by atoms with van der Waals surface area (Å²) in [5, 5.41) is 66.3. The van der Waals surface area contributed by atoms with Gasteiger partial charge in [-0.15, -0.1) is 0 Å². The number of primary amides is 1. The van der Waals surface area contributed by atoms with Crippen molar-refractivity contribution in [3.63, 3.8) is 0 Å². The number of rotatable bonds is 2. The zero-order valence-corrected chi connectivity index (χ0v) is 21.0. The summed E-state index contributed by atoms with van der Waals surface area (Å²) in [6.07, 6.45) is -1.87. The SMILES string of the molecule is CN(C)C1C(=O)C(C(N)=O)=C(O)C2(O)C(=O)C3=C(O)c4c(O)cccc4C(C)(O)C3C(O)C12.[Na+]. The van der Waals surface area contributed by atoms with Gasteiger partial charge in [-0.2, -0.15) is 0 Å². The third-order valence-corrected chi connectivity index (χ3v) is 7.03. The first-order valence-electron chi connectivity index (χ1n) is 10.1. The van der Waals surface area contributed by atoms with E-state index in [9.17, 15) is 45.0 Å². The largest absolute Gasteiger partial charge is 1.00 e. The second-order valence-corrected chi connectivity index (χ2v) is 9.06. The van der Waals surface area contributed by atoms with E-state index < -0.39 is 81.1 Å². The Morgan fingerprint density at radius 1 is 1.12 bits per heavy atom. The Bertz CT molecular complexity index is 1190. The van der Waals surface area contributed by atoms with Crippen LogP contribution in [0.15, 0.2) is 35.1 Å². The number of carbonyl (C=O) groups excluding carboxylic acids is 3. The molecule has 0 spiro atoms. The van der Waals surface area contributed by atoms with Crippen molar-refractivity contribution in [3.8, 4) is 5.75 Å². The van der Waals surface area contributed by atoms with Gasteiger partial charge in [0.25, 0.3) is 5.91 Å². The number of aliphatic hydroxyl groups is 5. The number of Topliss-reactive ketones (excluding diaryl/α,β-unsaturated/α-hetero) is 2. The monoisotopic (exact) mass is 483 g/mol. The molecule has 1 saturated carbocycles. The van der Waals surface area contributed by atoms with E-state index in [1.807, 2.05) is 0 Å². The van der Waals surface area contributed by atoms with Crippen LogP contribution in [0.1, 0.15) is 18.1 Å². The second kappa shape index (κ2) is 8.16. The molecule has 8 N–H and O–H groups in total. The topological polar surface area (TPSA) is 202 Å². The van der Waals surface area contributed by atoms with E-state index in [1.54, 1.807) is 0 Å². The Morgan fingerprint density at radius 2 is 1.71 bits per heavy atom. The minimum Gasteiger partial charge on any atom is -0.508 e. The number of nitrogens with two attached hydrogens (primary N) is 1. The molecule has 1 aromatic carbocycles. The summed E-state index contributed by atoms with van der Waals surface area (Å²) < 4.78 is 0. The number of aromatic hydroxyl groups is 1. The molecule has 1 fully saturated rings. The standard InChI is InChI=1S/C22H24N2O9.Na/c1-21(32)7-5-4-6-8(25)9(7)15(26)10-12(21)17(28)13-14(24(2)3)16(27)11(20(23)31)19(30)22(13,33)18(10)29;/h4-6,12-14,17,25-26,28,30,32-33H,1-3H3,(H2,23,31);/q;+1. The van der Waals surface area contributed by atoms with Gasteiger partial charge in [0.2, 0.25) is 5.78 Å². The molecule has 0 radical (unpaired) electrons. The molecular weight excluding hydrogens is 459 g/mol. The van der Waals surface area contributed by atoms with Crippen molar-refractivity contribution in [3.05, 3.63) is 46.2 Å². The van der Waals surface area contributed by atoms with Crippen molar-refractivity contribution in [2.24, 2.45) is 17.6 Å². The maximum atomic E-state index is 13.7. The first kappa shape index (κ1) is 26.4. The molecule has 12 heteroatoms. The molecule has 0 saturated heterocycles. The van der Waals surface area contributed by atoms with Crippen molar-refractivity contribution in [2.75, 3.05) is 14.1 Å². The Morgan fingerprint density at radius 3 is 2.24 bits per heavy atom. The van der Waals surface area contributed by atoms with Crippen LogP contribution in [0.4, 0.5) is 0 Å². The molecule has 176 valence electrons. The number of nitrogens with zero attached hydrogens (tertiary/aromatic N) is 1. The average molecular weight is 483 g/mol. The van der Waals surface area contributed by atoms with Gasteiger partial charge in [0.15, 0.2) is 11.4 Å². The zero-order chi connectivity index (χ0) is 24.8. The van der Waals surface area contributed by atoms with Gasteiger partial charge in [0, 0.05) is 0 Å². The molecule has 1 amide bonds. The summed E-state index contributed by atoms with van der Waals surface area (Å²) in [4.78, 5) is 39.9. The predicted octanol–water partition coefficient (Wildman–Crippen LogP) is -4.40. The number of hydrogen-bond donors (Lipinski definition) is 7. The maximum Gasteiger partial charge on any atom is 1.00 e. The van der Waals surface area contributed by atoms with Gasteiger partial charge in [-0.05, 0) is 32.6 Å². The molecule has 6 atom stereocenters. The number of aliphatic hydroxyl groups excluding tert-OH is 3. The number of amides is 1. The van der Waals surface area contributed by atoms with Crippen LogP contribution in [0.5, 0.6) is 5.75 Å². The summed E-state index contributed by atoms with van der Waals surface area (Å²) in [5.41, 5.74) is -1.78. The minimum atomic E-state index is -3.02. The molecule has 34 heavy (non-hydrogen) atoms. The van der Waals surface area contributed by atoms with Crippen LogP contribution >= 0.6 is 0 Å². The van der Waals surface area contributed by atoms with Gasteiger partial charge >= 0.3 is 29.6 Å². The second-order valence-electron chi connectivity index (χ2n) is 9.06. The van der Waals surface area contributed by atoms with E-state index >= 15 is 0 Å². The van der Waals surface area contributed by atoms with Crippen LogP contribution in [0.2, 0.25) is 0 Å². The number of benzene rings is 1. The zero-order valence-electron chi connectivity index (χ0n) is 19.0. The third kappa shape index (κ3) is 3.05. The average Bonchev–Trinajstić information content (AvgIpc) is 2.70. The Kier molecular flexibility index (Phi) is 6.33. The van der Waals surface area contributed by atoms with Crippen molar-refractivity contribution in [2.45, 2.75) is 30.3 Å². The van der Waals surface area contributed by atoms with Crippen molar-refractivity contribution in [1.29, 1.82) is 0 Å². The number of ketones is 2. The molecule has 11 nitrogen and oxygen atoms in total. The third-order valence-electron chi connectivity index (χ3n) is 7.03. The number of carbonyl (C=O) groups is 3. The summed E-state index contributed by atoms with van der Waals surface area (Å²) in [6.45, 7) is 1.25. The number of fused-ring (bicyclic) bond motifs is 3. The summed E-state index contributed by atoms with van der Waals surface area (Å²) in [7, 11) is 2.80. The van der Waals surface area contributed by atoms with Crippen molar-refractivity contribution in [1.82, 2.24) is 4.90 Å². The molecule has 0 bridgehead atoms. The molecule has 1 aromatic rings. The van der Waals surface area contributed by atoms with E-state index in [0.29, 0.717) is 0 Å². The van der Waals surface area contributed by atoms with Crippen LogP contribution in [0.25, 0.3) is 5.76 Å². The van der Waals surface area contributed by atoms with Gasteiger partial charge in [-0.1, -0.05) is 12.1 Å². The van der Waals surface area contributed by atoms with Gasteiger partial charge in [-0.25, -0.2) is 0 Å². The molecule has 4 rings (SSSR count). The fourth-order valence-corrected chi connectivity index (χ4v) is 5.60. The van der Waals surface area contributed by atoms with E-state index in [4.69, 9.17) is 5.73 Å². The molecule has 3 aliphatic rings. The van der Waals surface area contributed by atoms with Crippen molar-refractivity contribution < 1.29 is 74.6 Å². The van der Waals surface area contributed by atoms with E-state index in [0.717, 1.165) is 0 Å². The smallest absolute Gasteiger partial charge is 0.508 e. The fraction of sp³-hybridized carbons (Fsp3) is 0.409. The van der Waals surface area contributed by atoms with E-state index in [2.05, 4.69) is 0 Å². The van der Waals surface area contributed by atoms with Gasteiger partial charge in [-0.3, -0.25) is 19.3 Å². The van der Waals surface area contributed by atoms with Crippen LogP contribution in [0.3, 0.4) is 0 Å². The quantitative estimate of drug-likeness (QED) is 0.159. The first-order chi connectivity index (χ1) is 15.2. The number of likely N-dealkylation sites (N-methyl/N-ethyl adjacent to an activating group) is 1. The van der Waals surface area contributed by atoms with Crippen LogP contribution in [-0.4, -0.2) is 84.9 Å². The fourth-order valence-electron chi connectivity index (χ4n) is 5.60.